The Hall–Kier alpha value is -1.13. The van der Waals surface area contributed by atoms with Gasteiger partial charge in [-0.2, -0.15) is 30.7 Å². The molecule has 120 valence electrons. The number of hydrogen-bond donors (Lipinski definition) is 0. The van der Waals surface area contributed by atoms with Gasteiger partial charge >= 0.3 is 18.2 Å². The Morgan fingerprint density at radius 2 is 1.60 bits per heavy atom. The molecule has 0 bridgehead atoms. The summed E-state index contributed by atoms with van der Waals surface area (Å²) in [6.07, 6.45) is -12.3. The van der Waals surface area contributed by atoms with Crippen molar-refractivity contribution >= 4 is 5.91 Å². The molecule has 0 spiro atoms. The van der Waals surface area contributed by atoms with E-state index in [0.29, 0.717) is 0 Å². The van der Waals surface area contributed by atoms with Gasteiger partial charge in [0.25, 0.3) is 0 Å². The predicted octanol–water partition coefficient (Wildman–Crippen LogP) is 3.16. The van der Waals surface area contributed by atoms with Crippen molar-refractivity contribution in [2.45, 2.75) is 31.6 Å². The summed E-state index contributed by atoms with van der Waals surface area (Å²) < 4.78 is 99.7. The molecule has 2 atom stereocenters. The van der Waals surface area contributed by atoms with E-state index in [1.807, 2.05) is 4.94 Å². The molecule has 0 rings (SSSR count). The van der Waals surface area contributed by atoms with Gasteiger partial charge in [-0.15, -0.1) is 4.94 Å². The lowest BCUT2D eigenvalue weighted by Gasteiger charge is -2.33. The Bertz CT molecular complexity index is 342. The number of rotatable bonds is 5. The van der Waals surface area contributed by atoms with Crippen molar-refractivity contribution in [3.8, 4) is 0 Å². The van der Waals surface area contributed by atoms with Crippen LogP contribution in [-0.2, 0) is 9.74 Å². The maximum atomic E-state index is 13.3. The van der Waals surface area contributed by atoms with Crippen molar-refractivity contribution < 1.29 is 45.0 Å². The first kappa shape index (κ1) is 18.9. The topological polar surface area (TPSA) is 29.5 Å². The summed E-state index contributed by atoms with van der Waals surface area (Å²) in [5.41, 5.74) is 0. The number of halogens is 8. The molecule has 0 aliphatic carbocycles. The fraction of sp³-hybridized carbons (Fsp3) is 0.889. The molecule has 2 unspecified atom stereocenters. The molecule has 0 aromatic rings. The average molecular weight is 317 g/mol. The second-order valence-electron chi connectivity index (χ2n) is 3.95. The molecule has 0 aliphatic heterocycles. The lowest BCUT2D eigenvalue weighted by Crippen LogP contribution is -2.59. The molecule has 0 heterocycles. The second kappa shape index (κ2) is 6.10. The minimum Gasteiger partial charge on any atom is -0.345 e. The summed E-state index contributed by atoms with van der Waals surface area (Å²) in [6, 6.07) is 0. The third kappa shape index (κ3) is 3.70. The van der Waals surface area contributed by atoms with Crippen LogP contribution in [0.4, 0.5) is 35.3 Å². The second-order valence-corrected chi connectivity index (χ2v) is 3.95. The van der Waals surface area contributed by atoms with Gasteiger partial charge in [0.15, 0.2) is 0 Å². The Morgan fingerprint density at radius 3 is 1.85 bits per heavy atom. The van der Waals surface area contributed by atoms with E-state index in [1.165, 1.54) is 6.92 Å². The van der Waals surface area contributed by atoms with Crippen LogP contribution in [0.25, 0.3) is 0 Å². The molecule has 0 aromatic heterocycles. The number of hydrogen-bond acceptors (Lipinski definition) is 2. The number of alkyl halides is 7. The maximum absolute atomic E-state index is 13.3. The summed E-state index contributed by atoms with van der Waals surface area (Å²) in [7, 11) is 0.736. The van der Waals surface area contributed by atoms with Gasteiger partial charge in [-0.25, -0.2) is 0 Å². The highest BCUT2D eigenvalue weighted by molar-refractivity contribution is 5.80. The first-order valence-corrected chi connectivity index (χ1v) is 5.20. The highest BCUT2D eigenvalue weighted by Crippen LogP contribution is 2.48. The Morgan fingerprint density at radius 1 is 1.15 bits per heavy atom. The van der Waals surface area contributed by atoms with Crippen molar-refractivity contribution in [2.75, 3.05) is 13.6 Å². The minimum absolute atomic E-state index is 0.106. The van der Waals surface area contributed by atoms with Gasteiger partial charge in [0.05, 0.1) is 0 Å². The van der Waals surface area contributed by atoms with Crippen LogP contribution in [0.1, 0.15) is 13.3 Å². The minimum atomic E-state index is -6.38. The predicted molar refractivity (Wildman–Crippen MR) is 49.6 cm³/mol. The summed E-state index contributed by atoms with van der Waals surface area (Å²) >= 11 is 0. The van der Waals surface area contributed by atoms with Gasteiger partial charge in [-0.05, 0) is 10.9 Å². The molecule has 3 nitrogen and oxygen atoms in total. The summed E-state index contributed by atoms with van der Waals surface area (Å²) in [5.74, 6) is -12.4. The molecule has 0 N–H and O–H groups in total. The fourth-order valence-electron chi connectivity index (χ4n) is 1.43. The Labute approximate surface area is 108 Å². The summed E-state index contributed by atoms with van der Waals surface area (Å²) in [4.78, 5) is 13.5. The van der Waals surface area contributed by atoms with Crippen LogP contribution in [0.2, 0.25) is 0 Å². The smallest absolute Gasteiger partial charge is 0.345 e. The van der Waals surface area contributed by atoms with Crippen molar-refractivity contribution in [1.82, 2.24) is 4.90 Å². The van der Waals surface area contributed by atoms with Crippen LogP contribution >= 0.6 is 0 Å². The molecule has 0 fully saturated rings. The molecular weight excluding hydrogens is 306 g/mol. The molecule has 0 aliphatic rings. The van der Waals surface area contributed by atoms with Crippen molar-refractivity contribution in [2.24, 2.45) is 5.92 Å². The highest BCUT2D eigenvalue weighted by atomic mass is 19.4. The first-order valence-electron chi connectivity index (χ1n) is 5.20. The number of carbonyl (C=O) groups is 1. The van der Waals surface area contributed by atoms with Gasteiger partial charge in [-0.3, -0.25) is 4.79 Å². The van der Waals surface area contributed by atoms with E-state index in [0.717, 1.165) is 7.05 Å². The van der Waals surface area contributed by atoms with Crippen LogP contribution in [0, 0.1) is 5.92 Å². The lowest BCUT2D eigenvalue weighted by atomic mass is 9.96. The molecule has 0 saturated heterocycles. The molecule has 0 saturated carbocycles. The van der Waals surface area contributed by atoms with E-state index in [9.17, 15) is 40.1 Å². The van der Waals surface area contributed by atoms with Crippen molar-refractivity contribution in [3.63, 3.8) is 0 Å². The van der Waals surface area contributed by atoms with Crippen LogP contribution < -0.4 is 0 Å². The molecular formula is C9H11F8NO2. The quantitative estimate of drug-likeness (QED) is 0.729. The third-order valence-electron chi connectivity index (χ3n) is 2.38. The molecule has 0 radical (unpaired) electrons. The molecule has 20 heavy (non-hydrogen) atoms. The standard InChI is InChI=1S/C9H11F8NO2/c1-3-4-18(2)6(19)5(8(11,12)13)7(10,20-17)9(14,15)16/h5H,3-4H2,1-2H3. The Kier molecular flexibility index (Phi) is 5.76. The van der Waals surface area contributed by atoms with E-state index in [2.05, 4.69) is 0 Å². The SMILES string of the molecule is CCCN(C)C(=O)C(C(F)(F)F)C(F)(OF)C(F)(F)F. The zero-order valence-electron chi connectivity index (χ0n) is 10.3. The largest absolute Gasteiger partial charge is 0.452 e. The van der Waals surface area contributed by atoms with Gasteiger partial charge in [0, 0.05) is 13.6 Å². The summed E-state index contributed by atoms with van der Waals surface area (Å²) in [6.45, 7) is 1.05. The van der Waals surface area contributed by atoms with Crippen LogP contribution in [-0.4, -0.2) is 42.6 Å². The third-order valence-corrected chi connectivity index (χ3v) is 2.38. The average Bonchev–Trinajstić information content (AvgIpc) is 2.25. The maximum Gasteiger partial charge on any atom is 0.452 e. The molecule has 0 aromatic carbocycles. The number of carbonyl (C=O) groups excluding carboxylic acids is 1. The van der Waals surface area contributed by atoms with E-state index in [1.54, 1.807) is 0 Å². The van der Waals surface area contributed by atoms with Gasteiger partial charge in [0.1, 0.15) is 0 Å². The first-order chi connectivity index (χ1) is 8.82. The molecule has 11 heteroatoms. The number of nitrogens with zero attached hydrogens (tertiary/aromatic N) is 1. The highest BCUT2D eigenvalue weighted by Gasteiger charge is 2.74. The van der Waals surface area contributed by atoms with Gasteiger partial charge in [-0.1, -0.05) is 6.92 Å². The number of amides is 1. The van der Waals surface area contributed by atoms with Gasteiger partial charge in [0.2, 0.25) is 11.8 Å². The summed E-state index contributed by atoms with van der Waals surface area (Å²) in [5, 5.41) is 0. The van der Waals surface area contributed by atoms with Crippen molar-refractivity contribution in [3.05, 3.63) is 0 Å². The van der Waals surface area contributed by atoms with E-state index in [4.69, 9.17) is 0 Å². The van der Waals surface area contributed by atoms with E-state index in [-0.39, 0.29) is 17.9 Å². The monoisotopic (exact) mass is 317 g/mol. The van der Waals surface area contributed by atoms with Crippen LogP contribution in [0.5, 0.6) is 0 Å². The molecule has 1 amide bonds. The van der Waals surface area contributed by atoms with Crippen LogP contribution in [0.15, 0.2) is 0 Å². The van der Waals surface area contributed by atoms with Crippen LogP contribution in [0.3, 0.4) is 0 Å². The van der Waals surface area contributed by atoms with Crippen molar-refractivity contribution in [1.29, 1.82) is 0 Å². The normalized spacial score (nSPS) is 17.5. The zero-order chi connectivity index (χ0) is 16.4. The van der Waals surface area contributed by atoms with E-state index >= 15 is 0 Å². The lowest BCUT2D eigenvalue weighted by molar-refractivity contribution is -0.436. The van der Waals surface area contributed by atoms with E-state index < -0.39 is 30.0 Å². The Balaban J connectivity index is 5.76. The fourth-order valence-corrected chi connectivity index (χ4v) is 1.43. The zero-order valence-corrected chi connectivity index (χ0v) is 10.3. The van der Waals surface area contributed by atoms with Gasteiger partial charge < -0.3 is 4.90 Å².